The molecule has 22 heavy (non-hydrogen) atoms. The van der Waals surface area contributed by atoms with E-state index >= 15 is 0 Å². The van der Waals surface area contributed by atoms with Gasteiger partial charge in [0.25, 0.3) is 0 Å². The molecule has 0 aliphatic heterocycles. The number of anilines is 2. The maximum absolute atomic E-state index is 12.3. The number of halogens is 2. The molecule has 0 aliphatic rings. The Bertz CT molecular complexity index is 701. The van der Waals surface area contributed by atoms with E-state index in [9.17, 15) is 4.79 Å². The lowest BCUT2D eigenvalue weighted by Gasteiger charge is -2.18. The molecule has 0 spiro atoms. The first-order valence-corrected chi connectivity index (χ1v) is 7.72. The van der Waals surface area contributed by atoms with Crippen LogP contribution in [-0.4, -0.2) is 11.9 Å². The summed E-state index contributed by atoms with van der Waals surface area (Å²) in [4.78, 5) is 12.3. The molecule has 0 aromatic heterocycles. The molecule has 1 atom stereocenters. The molecule has 5 heteroatoms. The van der Waals surface area contributed by atoms with Crippen molar-refractivity contribution in [3.05, 3.63) is 57.6 Å². The van der Waals surface area contributed by atoms with E-state index in [0.717, 1.165) is 16.8 Å². The minimum absolute atomic E-state index is 0.176. The van der Waals surface area contributed by atoms with Crippen LogP contribution >= 0.6 is 23.2 Å². The Morgan fingerprint density at radius 3 is 2.50 bits per heavy atom. The molecule has 0 radical (unpaired) electrons. The summed E-state index contributed by atoms with van der Waals surface area (Å²) >= 11 is 12.0. The molecular weight excluding hydrogens is 319 g/mol. The molecule has 2 rings (SSSR count). The van der Waals surface area contributed by atoms with Gasteiger partial charge in [0.2, 0.25) is 5.91 Å². The van der Waals surface area contributed by atoms with Crippen molar-refractivity contribution >= 4 is 40.5 Å². The van der Waals surface area contributed by atoms with Crippen molar-refractivity contribution in [3.63, 3.8) is 0 Å². The molecule has 0 saturated heterocycles. The van der Waals surface area contributed by atoms with Gasteiger partial charge in [0.15, 0.2) is 0 Å². The van der Waals surface area contributed by atoms with Gasteiger partial charge >= 0.3 is 0 Å². The van der Waals surface area contributed by atoms with E-state index in [-0.39, 0.29) is 5.91 Å². The van der Waals surface area contributed by atoms with Crippen LogP contribution in [0.25, 0.3) is 0 Å². The van der Waals surface area contributed by atoms with Gasteiger partial charge in [-0.25, -0.2) is 0 Å². The van der Waals surface area contributed by atoms with Crippen LogP contribution in [0.4, 0.5) is 11.4 Å². The van der Waals surface area contributed by atoms with Crippen molar-refractivity contribution in [2.24, 2.45) is 0 Å². The van der Waals surface area contributed by atoms with Gasteiger partial charge < -0.3 is 10.6 Å². The summed E-state index contributed by atoms with van der Waals surface area (Å²) in [6, 6.07) is 10.6. The van der Waals surface area contributed by atoms with Gasteiger partial charge in [-0.05, 0) is 56.2 Å². The molecule has 2 aromatic carbocycles. The standard InChI is InChI=1S/C17H18Cl2N2O/c1-10-4-5-11(2)15(8-10)20-12(3)17(22)21-16-9-13(18)6-7-14(16)19/h4-9,12,20H,1-3H3,(H,21,22). The van der Waals surface area contributed by atoms with Crippen molar-refractivity contribution in [3.8, 4) is 0 Å². The number of nitrogens with one attached hydrogen (secondary N) is 2. The summed E-state index contributed by atoms with van der Waals surface area (Å²) in [5.74, 6) is -0.176. The minimum atomic E-state index is -0.407. The fourth-order valence-electron chi connectivity index (χ4n) is 2.02. The van der Waals surface area contributed by atoms with E-state index in [1.54, 1.807) is 25.1 Å². The highest BCUT2D eigenvalue weighted by Gasteiger charge is 2.15. The third kappa shape index (κ3) is 4.15. The Morgan fingerprint density at radius 2 is 1.77 bits per heavy atom. The Balaban J connectivity index is 2.09. The Morgan fingerprint density at radius 1 is 1.05 bits per heavy atom. The van der Waals surface area contributed by atoms with Gasteiger partial charge in [0, 0.05) is 10.7 Å². The van der Waals surface area contributed by atoms with Crippen LogP contribution in [0, 0.1) is 13.8 Å². The number of amides is 1. The average Bonchev–Trinajstić information content (AvgIpc) is 2.46. The lowest BCUT2D eigenvalue weighted by molar-refractivity contribution is -0.116. The highest BCUT2D eigenvalue weighted by molar-refractivity contribution is 6.35. The average molecular weight is 337 g/mol. The maximum atomic E-state index is 12.3. The summed E-state index contributed by atoms with van der Waals surface area (Å²) in [5.41, 5.74) is 3.68. The summed E-state index contributed by atoms with van der Waals surface area (Å²) in [5, 5.41) is 6.98. The normalized spacial score (nSPS) is 11.9. The van der Waals surface area contributed by atoms with Crippen LogP contribution in [0.5, 0.6) is 0 Å². The second-order valence-electron chi connectivity index (χ2n) is 5.30. The minimum Gasteiger partial charge on any atom is -0.374 e. The predicted molar refractivity (Wildman–Crippen MR) is 94.1 cm³/mol. The fraction of sp³-hybridized carbons (Fsp3) is 0.235. The SMILES string of the molecule is Cc1ccc(C)c(NC(C)C(=O)Nc2cc(Cl)ccc2Cl)c1. The van der Waals surface area contributed by atoms with Gasteiger partial charge in [-0.15, -0.1) is 0 Å². The first kappa shape index (κ1) is 16.7. The molecule has 1 unspecified atom stereocenters. The summed E-state index contributed by atoms with van der Waals surface area (Å²) < 4.78 is 0. The molecule has 0 aliphatic carbocycles. The number of hydrogen-bond acceptors (Lipinski definition) is 2. The van der Waals surface area contributed by atoms with Crippen LogP contribution < -0.4 is 10.6 Å². The van der Waals surface area contributed by atoms with E-state index in [1.165, 1.54) is 0 Å². The van der Waals surface area contributed by atoms with Crippen molar-refractivity contribution in [2.75, 3.05) is 10.6 Å². The number of hydrogen-bond donors (Lipinski definition) is 2. The van der Waals surface area contributed by atoms with E-state index < -0.39 is 6.04 Å². The van der Waals surface area contributed by atoms with Crippen molar-refractivity contribution in [2.45, 2.75) is 26.8 Å². The first-order chi connectivity index (χ1) is 10.4. The molecule has 0 heterocycles. The second kappa shape index (κ2) is 7.03. The Labute approximate surface area is 140 Å². The number of carbonyl (C=O) groups is 1. The van der Waals surface area contributed by atoms with Crippen LogP contribution in [0.2, 0.25) is 10.0 Å². The van der Waals surface area contributed by atoms with Gasteiger partial charge in [-0.2, -0.15) is 0 Å². The molecule has 2 aromatic rings. The zero-order valence-corrected chi connectivity index (χ0v) is 14.2. The van der Waals surface area contributed by atoms with E-state index in [4.69, 9.17) is 23.2 Å². The van der Waals surface area contributed by atoms with E-state index in [2.05, 4.69) is 10.6 Å². The smallest absolute Gasteiger partial charge is 0.246 e. The molecule has 116 valence electrons. The lowest BCUT2D eigenvalue weighted by Crippen LogP contribution is -2.32. The van der Waals surface area contributed by atoms with E-state index in [1.807, 2.05) is 32.0 Å². The van der Waals surface area contributed by atoms with E-state index in [0.29, 0.717) is 15.7 Å². The predicted octanol–water partition coefficient (Wildman–Crippen LogP) is 5.05. The summed E-state index contributed by atoms with van der Waals surface area (Å²) in [7, 11) is 0. The number of carbonyl (C=O) groups excluding carboxylic acids is 1. The molecule has 0 saturated carbocycles. The molecular formula is C17H18Cl2N2O. The Hall–Kier alpha value is -1.71. The largest absolute Gasteiger partial charge is 0.374 e. The number of benzene rings is 2. The maximum Gasteiger partial charge on any atom is 0.246 e. The zero-order valence-electron chi connectivity index (χ0n) is 12.7. The summed E-state index contributed by atoms with van der Waals surface area (Å²) in [6.45, 7) is 5.82. The topological polar surface area (TPSA) is 41.1 Å². The third-order valence-corrected chi connectivity index (χ3v) is 3.91. The fourth-order valence-corrected chi connectivity index (χ4v) is 2.36. The van der Waals surface area contributed by atoms with Crippen LogP contribution in [0.3, 0.4) is 0 Å². The molecule has 1 amide bonds. The van der Waals surface area contributed by atoms with Crippen molar-refractivity contribution in [1.82, 2.24) is 0 Å². The molecule has 3 nitrogen and oxygen atoms in total. The highest BCUT2D eigenvalue weighted by Crippen LogP contribution is 2.26. The quantitative estimate of drug-likeness (QED) is 0.820. The van der Waals surface area contributed by atoms with Gasteiger partial charge in [-0.3, -0.25) is 4.79 Å². The lowest BCUT2D eigenvalue weighted by atomic mass is 10.1. The van der Waals surface area contributed by atoms with Crippen LogP contribution in [0.15, 0.2) is 36.4 Å². The van der Waals surface area contributed by atoms with Crippen molar-refractivity contribution in [1.29, 1.82) is 0 Å². The molecule has 2 N–H and O–H groups in total. The van der Waals surface area contributed by atoms with Gasteiger partial charge in [-0.1, -0.05) is 35.3 Å². The monoisotopic (exact) mass is 336 g/mol. The molecule has 0 fully saturated rings. The third-order valence-electron chi connectivity index (χ3n) is 3.34. The summed E-state index contributed by atoms with van der Waals surface area (Å²) in [6.07, 6.45) is 0. The number of aryl methyl sites for hydroxylation is 2. The van der Waals surface area contributed by atoms with Gasteiger partial charge in [0.05, 0.1) is 10.7 Å². The zero-order chi connectivity index (χ0) is 16.3. The second-order valence-corrected chi connectivity index (χ2v) is 6.14. The highest BCUT2D eigenvalue weighted by atomic mass is 35.5. The van der Waals surface area contributed by atoms with Crippen molar-refractivity contribution < 1.29 is 4.79 Å². The van der Waals surface area contributed by atoms with Gasteiger partial charge in [0.1, 0.15) is 6.04 Å². The van der Waals surface area contributed by atoms with Crippen LogP contribution in [0.1, 0.15) is 18.1 Å². The molecule has 0 bridgehead atoms. The van der Waals surface area contributed by atoms with Crippen LogP contribution in [-0.2, 0) is 4.79 Å². The Kier molecular flexibility index (Phi) is 5.33. The number of rotatable bonds is 4. The first-order valence-electron chi connectivity index (χ1n) is 6.96.